The number of carbonyl (C=O) groups is 4. The quantitative estimate of drug-likeness (QED) is 0.420. The van der Waals surface area contributed by atoms with Gasteiger partial charge in [0.2, 0.25) is 5.91 Å². The van der Waals surface area contributed by atoms with Crippen LogP contribution in [0.5, 0.6) is 0 Å². The van der Waals surface area contributed by atoms with Crippen LogP contribution in [0.1, 0.15) is 32.7 Å². The normalized spacial score (nSPS) is 23.8. The average molecular weight is 398 g/mol. The molecule has 4 N–H and O–H groups in total. The van der Waals surface area contributed by atoms with Crippen LogP contribution >= 0.6 is 0 Å². The topological polar surface area (TPSA) is 175 Å². The van der Waals surface area contributed by atoms with Gasteiger partial charge in [-0.15, -0.1) is 0 Å². The Labute approximate surface area is 160 Å². The second-order valence-corrected chi connectivity index (χ2v) is 6.14. The lowest BCUT2D eigenvalue weighted by atomic mass is 10.1. The summed E-state index contributed by atoms with van der Waals surface area (Å²) in [6.07, 6.45) is -3.04. The Bertz CT molecular complexity index is 777. The molecule has 0 bridgehead atoms. The Balaban J connectivity index is 2.38. The fourth-order valence-electron chi connectivity index (χ4n) is 2.83. The van der Waals surface area contributed by atoms with Gasteiger partial charge < -0.3 is 30.4 Å². The first-order valence-corrected chi connectivity index (χ1v) is 8.32. The maximum atomic E-state index is 11.6. The highest BCUT2D eigenvalue weighted by Crippen LogP contribution is 2.36. The van der Waals surface area contributed by atoms with Crippen molar-refractivity contribution in [3.8, 4) is 0 Å². The average Bonchev–Trinajstić information content (AvgIpc) is 3.06. The zero-order chi connectivity index (χ0) is 21.0. The molecule has 0 radical (unpaired) electrons. The highest BCUT2D eigenvalue weighted by Gasteiger charge is 2.51. The van der Waals surface area contributed by atoms with E-state index < -0.39 is 48.4 Å². The molecule has 1 fully saturated rings. The van der Waals surface area contributed by atoms with Gasteiger partial charge >= 0.3 is 17.9 Å². The number of primary amides is 1. The second kappa shape index (κ2) is 8.69. The highest BCUT2D eigenvalue weighted by atomic mass is 16.7. The third-order valence-electron chi connectivity index (χ3n) is 3.87. The molecule has 0 unspecified atom stereocenters. The highest BCUT2D eigenvalue weighted by molar-refractivity contribution is 5.77. The van der Waals surface area contributed by atoms with Crippen LogP contribution in [0.25, 0.3) is 0 Å². The van der Waals surface area contributed by atoms with Crippen molar-refractivity contribution in [2.24, 2.45) is 5.73 Å². The molecule has 4 atom stereocenters. The monoisotopic (exact) mass is 398 g/mol. The molecule has 12 nitrogen and oxygen atoms in total. The van der Waals surface area contributed by atoms with E-state index >= 15 is 0 Å². The van der Waals surface area contributed by atoms with Crippen LogP contribution in [0, 0.1) is 0 Å². The van der Waals surface area contributed by atoms with Crippen molar-refractivity contribution in [1.82, 2.24) is 9.55 Å². The summed E-state index contributed by atoms with van der Waals surface area (Å²) in [5, 5.41) is 0. The molecule has 0 aliphatic carbocycles. The van der Waals surface area contributed by atoms with E-state index in [4.69, 9.17) is 30.4 Å². The fourth-order valence-corrected chi connectivity index (χ4v) is 2.83. The molecule has 2 heterocycles. The van der Waals surface area contributed by atoms with Crippen molar-refractivity contribution in [3.63, 3.8) is 0 Å². The molecule has 12 heteroatoms. The zero-order valence-corrected chi connectivity index (χ0v) is 15.6. The van der Waals surface area contributed by atoms with E-state index in [2.05, 4.69) is 4.98 Å². The molecule has 1 aromatic rings. The second-order valence-electron chi connectivity index (χ2n) is 6.14. The van der Waals surface area contributed by atoms with Crippen molar-refractivity contribution in [1.29, 1.82) is 0 Å². The van der Waals surface area contributed by atoms with E-state index in [1.54, 1.807) is 0 Å². The third-order valence-corrected chi connectivity index (χ3v) is 3.87. The first-order valence-electron chi connectivity index (χ1n) is 8.32. The number of ether oxygens (including phenoxy) is 4. The van der Waals surface area contributed by atoms with E-state index in [0.29, 0.717) is 0 Å². The molecule has 1 saturated heterocycles. The molecule has 28 heavy (non-hydrogen) atoms. The fraction of sp³-hybridized carbons (Fsp3) is 0.562. The molecular formula is C16H22N4O8. The lowest BCUT2D eigenvalue weighted by Crippen LogP contribution is -2.40. The van der Waals surface area contributed by atoms with E-state index in [0.717, 1.165) is 0 Å². The summed E-state index contributed by atoms with van der Waals surface area (Å²) in [5.74, 6) is -2.43. The lowest BCUT2D eigenvalue weighted by Gasteiger charge is -2.24. The van der Waals surface area contributed by atoms with Gasteiger partial charge in [-0.1, -0.05) is 0 Å². The molecule has 1 aliphatic heterocycles. The van der Waals surface area contributed by atoms with Crippen molar-refractivity contribution in [2.45, 2.75) is 51.7 Å². The molecule has 2 rings (SSSR count). The maximum Gasteiger partial charge on any atom is 0.303 e. The maximum absolute atomic E-state index is 11.6. The minimum absolute atomic E-state index is 0.0654. The molecule has 0 saturated carbocycles. The summed E-state index contributed by atoms with van der Waals surface area (Å²) in [7, 11) is 0. The summed E-state index contributed by atoms with van der Waals surface area (Å²) < 4.78 is 22.6. The van der Waals surface area contributed by atoms with E-state index in [9.17, 15) is 19.2 Å². The largest absolute Gasteiger partial charge is 0.463 e. The smallest absolute Gasteiger partial charge is 0.303 e. The Kier molecular flexibility index (Phi) is 6.57. The van der Waals surface area contributed by atoms with E-state index in [1.165, 1.54) is 31.7 Å². The molecular weight excluding hydrogens is 376 g/mol. The Morgan fingerprint density at radius 3 is 2.25 bits per heavy atom. The number of hydrogen-bond donors (Lipinski definition) is 2. The van der Waals surface area contributed by atoms with Gasteiger partial charge in [0, 0.05) is 20.8 Å². The number of carbonyl (C=O) groups excluding carboxylic acids is 4. The summed E-state index contributed by atoms with van der Waals surface area (Å²) in [6.45, 7) is 3.32. The summed E-state index contributed by atoms with van der Waals surface area (Å²) in [6, 6.07) is 0. The predicted octanol–water partition coefficient (Wildman–Crippen LogP) is -1.18. The molecule has 0 aromatic carbocycles. The number of rotatable bonds is 7. The van der Waals surface area contributed by atoms with Gasteiger partial charge in [-0.05, 0) is 0 Å². The number of anilines is 1. The number of aromatic nitrogens is 2. The number of amides is 1. The number of esters is 3. The first kappa shape index (κ1) is 21.2. The predicted molar refractivity (Wildman–Crippen MR) is 91.2 cm³/mol. The van der Waals surface area contributed by atoms with Gasteiger partial charge in [-0.3, -0.25) is 23.7 Å². The minimum Gasteiger partial charge on any atom is -0.463 e. The van der Waals surface area contributed by atoms with E-state index in [1.807, 2.05) is 0 Å². The molecule has 0 spiro atoms. The van der Waals surface area contributed by atoms with Crippen LogP contribution in [-0.2, 0) is 44.5 Å². The number of nitrogens with zero attached hydrogens (tertiary/aromatic N) is 2. The van der Waals surface area contributed by atoms with Crippen LogP contribution < -0.4 is 11.5 Å². The molecule has 1 aromatic heterocycles. The zero-order valence-electron chi connectivity index (χ0n) is 15.6. The van der Waals surface area contributed by atoms with Crippen molar-refractivity contribution in [2.75, 3.05) is 12.3 Å². The first-order chi connectivity index (χ1) is 13.1. The molecule has 1 amide bonds. The number of hydrogen-bond acceptors (Lipinski definition) is 10. The van der Waals surface area contributed by atoms with Crippen LogP contribution in [0.2, 0.25) is 0 Å². The van der Waals surface area contributed by atoms with Crippen LogP contribution in [0.4, 0.5) is 5.82 Å². The van der Waals surface area contributed by atoms with Crippen molar-refractivity contribution < 1.29 is 38.1 Å². The Hall–Kier alpha value is -3.15. The van der Waals surface area contributed by atoms with Crippen LogP contribution in [-0.4, -0.2) is 58.3 Å². The van der Waals surface area contributed by atoms with Crippen LogP contribution in [0.3, 0.4) is 0 Å². The van der Waals surface area contributed by atoms with Gasteiger partial charge in [-0.25, -0.2) is 4.98 Å². The Morgan fingerprint density at radius 1 is 1.11 bits per heavy atom. The summed E-state index contributed by atoms with van der Waals surface area (Å²) >= 11 is 0. The number of nitrogen functional groups attached to an aromatic ring is 1. The van der Waals surface area contributed by atoms with Crippen LogP contribution in [0.15, 0.2) is 6.33 Å². The third kappa shape index (κ3) is 4.97. The van der Waals surface area contributed by atoms with Crippen molar-refractivity contribution >= 4 is 29.6 Å². The van der Waals surface area contributed by atoms with Gasteiger partial charge in [0.1, 0.15) is 18.5 Å². The molecule has 154 valence electrons. The number of nitrogens with two attached hydrogens (primary N) is 2. The van der Waals surface area contributed by atoms with Crippen molar-refractivity contribution in [3.05, 3.63) is 12.0 Å². The van der Waals surface area contributed by atoms with Gasteiger partial charge in [-0.2, -0.15) is 0 Å². The SMILES string of the molecule is CC(=O)OC[C@H]1O[C@@H](n2cnc(CC(N)=O)c2N)[C@H](OC(C)=O)[C@@H]1OC(C)=O. The van der Waals surface area contributed by atoms with E-state index in [-0.39, 0.29) is 24.5 Å². The van der Waals surface area contributed by atoms with Gasteiger partial charge in [0.05, 0.1) is 18.4 Å². The Morgan fingerprint density at radius 2 is 1.71 bits per heavy atom. The standard InChI is InChI=1S/C16H22N4O8/c1-7(21)25-5-11-13(26-8(2)22)14(27-9(3)23)16(28-11)20-6-19-10(15(20)18)4-12(17)24/h6,11,13-14,16H,4-5,18H2,1-3H3,(H2,17,24)/t11-,13-,14-,16-/m1/s1. The number of imidazole rings is 1. The van der Waals surface area contributed by atoms with Gasteiger partial charge in [0.25, 0.3) is 0 Å². The minimum atomic E-state index is -1.10. The summed E-state index contributed by atoms with van der Waals surface area (Å²) in [4.78, 5) is 49.4. The van der Waals surface area contributed by atoms with Gasteiger partial charge in [0.15, 0.2) is 18.4 Å². The molecule has 1 aliphatic rings. The lowest BCUT2D eigenvalue weighted by molar-refractivity contribution is -0.166. The summed E-state index contributed by atoms with van der Waals surface area (Å²) in [5.41, 5.74) is 11.4.